The maximum absolute atomic E-state index is 12.7. The summed E-state index contributed by atoms with van der Waals surface area (Å²) < 4.78 is 5.76. The number of ether oxygens (including phenoxy) is 1. The number of carbonyl (C=O) groups excluding carboxylic acids is 1. The molecular weight excluding hydrogens is 344 g/mol. The predicted octanol–water partition coefficient (Wildman–Crippen LogP) is 3.39. The van der Waals surface area contributed by atoms with Crippen molar-refractivity contribution < 1.29 is 9.53 Å². The van der Waals surface area contributed by atoms with Crippen molar-refractivity contribution in [2.24, 2.45) is 0 Å². The molecule has 1 aliphatic rings. The van der Waals surface area contributed by atoms with Crippen molar-refractivity contribution in [3.05, 3.63) is 65.7 Å². The lowest BCUT2D eigenvalue weighted by molar-refractivity contribution is 0.0620. The van der Waals surface area contributed by atoms with Crippen LogP contribution in [0.4, 0.5) is 0 Å². The maximum atomic E-state index is 12.7. The number of nitrogens with zero attached hydrogens (tertiary/aromatic N) is 2. The van der Waals surface area contributed by atoms with Gasteiger partial charge < -0.3 is 9.64 Å². The predicted molar refractivity (Wildman–Crippen MR) is 108 cm³/mol. The Hall–Kier alpha value is -1.98. The SMILES string of the molecule is CSCc1ccc(C(=O)N2CCN(CCOc3ccccc3)CC2)cc1. The van der Waals surface area contributed by atoms with Gasteiger partial charge in [0.1, 0.15) is 12.4 Å². The molecule has 0 aliphatic carbocycles. The number of piperazine rings is 1. The van der Waals surface area contributed by atoms with Crippen LogP contribution in [0.5, 0.6) is 5.75 Å². The van der Waals surface area contributed by atoms with Crippen LogP contribution in [0.15, 0.2) is 54.6 Å². The van der Waals surface area contributed by atoms with Gasteiger partial charge in [-0.05, 0) is 36.1 Å². The summed E-state index contributed by atoms with van der Waals surface area (Å²) in [5, 5.41) is 0. The molecule has 0 saturated carbocycles. The van der Waals surface area contributed by atoms with Gasteiger partial charge in [0.25, 0.3) is 5.91 Å². The van der Waals surface area contributed by atoms with Crippen molar-refractivity contribution in [2.75, 3.05) is 45.6 Å². The summed E-state index contributed by atoms with van der Waals surface area (Å²) in [6.07, 6.45) is 2.09. The summed E-state index contributed by atoms with van der Waals surface area (Å²) in [6, 6.07) is 17.9. The third-order valence-corrected chi connectivity index (χ3v) is 5.21. The third kappa shape index (κ3) is 5.26. The zero-order valence-corrected chi connectivity index (χ0v) is 16.1. The molecule has 0 atom stereocenters. The van der Waals surface area contributed by atoms with E-state index >= 15 is 0 Å². The minimum absolute atomic E-state index is 0.140. The van der Waals surface area contributed by atoms with Crippen LogP contribution < -0.4 is 4.74 Å². The second kappa shape index (κ2) is 9.64. The molecule has 0 spiro atoms. The van der Waals surface area contributed by atoms with Crippen LogP contribution >= 0.6 is 11.8 Å². The Morgan fingerprint density at radius 2 is 1.69 bits per heavy atom. The monoisotopic (exact) mass is 370 g/mol. The quantitative estimate of drug-likeness (QED) is 0.748. The topological polar surface area (TPSA) is 32.8 Å². The number of amides is 1. The van der Waals surface area contributed by atoms with Crippen LogP contribution in [-0.4, -0.2) is 61.3 Å². The van der Waals surface area contributed by atoms with Gasteiger partial charge in [-0.1, -0.05) is 30.3 Å². The van der Waals surface area contributed by atoms with Gasteiger partial charge in [0.15, 0.2) is 0 Å². The molecule has 2 aromatic carbocycles. The molecule has 1 amide bonds. The minimum Gasteiger partial charge on any atom is -0.492 e. The van der Waals surface area contributed by atoms with Gasteiger partial charge in [-0.2, -0.15) is 11.8 Å². The average molecular weight is 371 g/mol. The van der Waals surface area contributed by atoms with E-state index in [-0.39, 0.29) is 5.91 Å². The van der Waals surface area contributed by atoms with Crippen LogP contribution in [0.3, 0.4) is 0 Å². The maximum Gasteiger partial charge on any atom is 0.253 e. The second-order valence-corrected chi connectivity index (χ2v) is 7.29. The zero-order chi connectivity index (χ0) is 18.2. The van der Waals surface area contributed by atoms with Crippen molar-refractivity contribution in [1.82, 2.24) is 9.80 Å². The van der Waals surface area contributed by atoms with E-state index in [0.29, 0.717) is 6.61 Å². The van der Waals surface area contributed by atoms with Crippen LogP contribution in [0, 0.1) is 0 Å². The summed E-state index contributed by atoms with van der Waals surface area (Å²) in [7, 11) is 0. The molecule has 1 fully saturated rings. The average Bonchev–Trinajstić information content (AvgIpc) is 2.70. The van der Waals surface area contributed by atoms with Gasteiger partial charge >= 0.3 is 0 Å². The van der Waals surface area contributed by atoms with Crippen molar-refractivity contribution >= 4 is 17.7 Å². The molecule has 3 rings (SSSR count). The summed E-state index contributed by atoms with van der Waals surface area (Å²) >= 11 is 1.79. The fourth-order valence-electron chi connectivity index (χ4n) is 3.08. The molecule has 1 saturated heterocycles. The number of benzene rings is 2. The van der Waals surface area contributed by atoms with Crippen LogP contribution in [-0.2, 0) is 5.75 Å². The first-order valence-corrected chi connectivity index (χ1v) is 10.4. The molecular formula is C21H26N2O2S. The van der Waals surface area contributed by atoms with Gasteiger partial charge in [-0.15, -0.1) is 0 Å². The Kier molecular flexibility index (Phi) is 6.97. The molecule has 138 valence electrons. The lowest BCUT2D eigenvalue weighted by atomic mass is 10.1. The molecule has 1 heterocycles. The zero-order valence-electron chi connectivity index (χ0n) is 15.3. The summed E-state index contributed by atoms with van der Waals surface area (Å²) in [5.74, 6) is 2.03. The number of hydrogen-bond donors (Lipinski definition) is 0. The lowest BCUT2D eigenvalue weighted by Crippen LogP contribution is -2.49. The van der Waals surface area contributed by atoms with Gasteiger partial charge in [-0.25, -0.2) is 0 Å². The molecule has 0 bridgehead atoms. The van der Waals surface area contributed by atoms with Crippen molar-refractivity contribution in [1.29, 1.82) is 0 Å². The van der Waals surface area contributed by atoms with Crippen LogP contribution in [0.2, 0.25) is 0 Å². The number of thioether (sulfide) groups is 1. The molecule has 0 aromatic heterocycles. The summed E-state index contributed by atoms with van der Waals surface area (Å²) in [4.78, 5) is 17.0. The first kappa shape index (κ1) is 18.8. The van der Waals surface area contributed by atoms with E-state index in [1.807, 2.05) is 47.4 Å². The van der Waals surface area contributed by atoms with Gasteiger partial charge in [0, 0.05) is 44.0 Å². The molecule has 1 aliphatic heterocycles. The Bertz CT molecular complexity index is 683. The van der Waals surface area contributed by atoms with Crippen molar-refractivity contribution in [2.45, 2.75) is 5.75 Å². The van der Waals surface area contributed by atoms with E-state index in [1.165, 1.54) is 5.56 Å². The van der Waals surface area contributed by atoms with E-state index in [2.05, 4.69) is 23.3 Å². The van der Waals surface area contributed by atoms with Crippen molar-refractivity contribution in [3.63, 3.8) is 0 Å². The fraction of sp³-hybridized carbons (Fsp3) is 0.381. The van der Waals surface area contributed by atoms with Gasteiger partial charge in [-0.3, -0.25) is 9.69 Å². The second-order valence-electron chi connectivity index (χ2n) is 6.43. The van der Waals surface area contributed by atoms with E-state index in [0.717, 1.165) is 49.8 Å². The highest BCUT2D eigenvalue weighted by Gasteiger charge is 2.21. The van der Waals surface area contributed by atoms with Crippen molar-refractivity contribution in [3.8, 4) is 5.75 Å². The minimum atomic E-state index is 0.140. The Labute approximate surface area is 160 Å². The van der Waals surface area contributed by atoms with E-state index in [4.69, 9.17) is 4.74 Å². The largest absolute Gasteiger partial charge is 0.492 e. The number of carbonyl (C=O) groups is 1. The highest BCUT2D eigenvalue weighted by atomic mass is 32.2. The van der Waals surface area contributed by atoms with Crippen LogP contribution in [0.25, 0.3) is 0 Å². The molecule has 5 heteroatoms. The molecule has 0 N–H and O–H groups in total. The van der Waals surface area contributed by atoms with Gasteiger partial charge in [0.2, 0.25) is 0 Å². The lowest BCUT2D eigenvalue weighted by Gasteiger charge is -2.34. The first-order chi connectivity index (χ1) is 12.8. The summed E-state index contributed by atoms with van der Waals surface area (Å²) in [5.41, 5.74) is 2.05. The Morgan fingerprint density at radius 3 is 2.35 bits per heavy atom. The number of rotatable bonds is 7. The number of para-hydroxylation sites is 1. The van der Waals surface area contributed by atoms with Gasteiger partial charge in [0.05, 0.1) is 0 Å². The summed E-state index contributed by atoms with van der Waals surface area (Å²) in [6.45, 7) is 4.91. The standard InChI is InChI=1S/C21H26N2O2S/c1-26-17-18-7-9-19(10-8-18)21(24)23-13-11-22(12-14-23)15-16-25-20-5-3-2-4-6-20/h2-10H,11-17H2,1H3. The molecule has 4 nitrogen and oxygen atoms in total. The van der Waals surface area contributed by atoms with E-state index in [1.54, 1.807) is 11.8 Å². The molecule has 0 radical (unpaired) electrons. The normalized spacial score (nSPS) is 15.0. The molecule has 2 aromatic rings. The molecule has 0 unspecified atom stereocenters. The Morgan fingerprint density at radius 1 is 1.00 bits per heavy atom. The fourth-order valence-corrected chi connectivity index (χ4v) is 3.60. The Balaban J connectivity index is 1.42. The first-order valence-electron chi connectivity index (χ1n) is 9.03. The smallest absolute Gasteiger partial charge is 0.253 e. The highest BCUT2D eigenvalue weighted by Crippen LogP contribution is 2.14. The molecule has 26 heavy (non-hydrogen) atoms. The van der Waals surface area contributed by atoms with Crippen LogP contribution in [0.1, 0.15) is 15.9 Å². The number of hydrogen-bond acceptors (Lipinski definition) is 4. The highest BCUT2D eigenvalue weighted by molar-refractivity contribution is 7.97. The van der Waals surface area contributed by atoms with E-state index < -0.39 is 0 Å². The van der Waals surface area contributed by atoms with E-state index in [9.17, 15) is 4.79 Å². The third-order valence-electron chi connectivity index (χ3n) is 4.59.